The normalized spacial score (nSPS) is 9.94. The van der Waals surface area contributed by atoms with Crippen LogP contribution in [0.4, 0.5) is 5.82 Å². The number of carbonyl (C=O) groups excluding carboxylic acids is 1. The third-order valence-corrected chi connectivity index (χ3v) is 2.30. The van der Waals surface area contributed by atoms with Gasteiger partial charge in [0.05, 0.1) is 6.20 Å². The molecule has 0 aliphatic rings. The zero-order valence-corrected chi connectivity index (χ0v) is 10.1. The number of hydrogen-bond acceptors (Lipinski definition) is 4. The van der Waals surface area contributed by atoms with Crippen LogP contribution >= 0.6 is 15.9 Å². The van der Waals surface area contributed by atoms with Crippen LogP contribution in [0.25, 0.3) is 0 Å². The molecule has 1 amide bonds. The number of rotatable bonds is 2. The van der Waals surface area contributed by atoms with Crippen LogP contribution in [-0.2, 0) is 0 Å². The van der Waals surface area contributed by atoms with Crippen molar-refractivity contribution in [2.24, 2.45) is 0 Å². The minimum atomic E-state index is -0.438. The van der Waals surface area contributed by atoms with Crippen LogP contribution in [0.15, 0.2) is 40.0 Å². The van der Waals surface area contributed by atoms with Gasteiger partial charge in [0.25, 0.3) is 11.5 Å². The lowest BCUT2D eigenvalue weighted by atomic mass is 10.4. The van der Waals surface area contributed by atoms with E-state index >= 15 is 0 Å². The number of aromatic amines is 1. The van der Waals surface area contributed by atoms with Gasteiger partial charge in [-0.1, -0.05) is 6.07 Å². The second-order valence-corrected chi connectivity index (χ2v) is 3.91. The summed E-state index contributed by atoms with van der Waals surface area (Å²) < 4.78 is 0.615. The van der Waals surface area contributed by atoms with Gasteiger partial charge in [0.15, 0.2) is 0 Å². The van der Waals surface area contributed by atoms with Gasteiger partial charge in [0.1, 0.15) is 16.1 Å². The van der Waals surface area contributed by atoms with Crippen LogP contribution < -0.4 is 10.9 Å². The van der Waals surface area contributed by atoms with Crippen molar-refractivity contribution in [2.45, 2.75) is 0 Å². The van der Waals surface area contributed by atoms with E-state index in [-0.39, 0.29) is 11.3 Å². The number of anilines is 1. The monoisotopic (exact) mass is 294 g/mol. The van der Waals surface area contributed by atoms with Gasteiger partial charge in [-0.15, -0.1) is 0 Å². The smallest absolute Gasteiger partial charge is 0.276 e. The molecule has 86 valence electrons. The predicted octanol–water partition coefficient (Wildman–Crippen LogP) is 1.18. The van der Waals surface area contributed by atoms with E-state index in [1.165, 1.54) is 6.20 Å². The lowest BCUT2D eigenvalue weighted by molar-refractivity contribution is 0.102. The first-order valence-corrected chi connectivity index (χ1v) is 5.43. The number of nitrogens with one attached hydrogen (secondary N) is 2. The van der Waals surface area contributed by atoms with Gasteiger partial charge in [-0.3, -0.25) is 9.59 Å². The Balaban J connectivity index is 2.17. The first kappa shape index (κ1) is 11.5. The topological polar surface area (TPSA) is 87.7 Å². The molecule has 0 bridgehead atoms. The molecule has 0 fully saturated rings. The van der Waals surface area contributed by atoms with Crippen molar-refractivity contribution in [3.05, 3.63) is 51.2 Å². The van der Waals surface area contributed by atoms with E-state index in [0.29, 0.717) is 10.4 Å². The Kier molecular flexibility index (Phi) is 3.29. The summed E-state index contributed by atoms with van der Waals surface area (Å²) in [6, 6.07) is 5.13. The van der Waals surface area contributed by atoms with E-state index in [2.05, 4.69) is 36.2 Å². The SMILES string of the molecule is O=C(Nc1cccc(Br)n1)c1c[nH]c(=O)cn1. The zero-order chi connectivity index (χ0) is 12.3. The molecule has 0 unspecified atom stereocenters. The Morgan fingerprint density at radius 3 is 2.88 bits per heavy atom. The maximum Gasteiger partial charge on any atom is 0.276 e. The molecule has 2 N–H and O–H groups in total. The molecular formula is C10H7BrN4O2. The van der Waals surface area contributed by atoms with Crippen molar-refractivity contribution in [1.82, 2.24) is 15.0 Å². The first-order chi connectivity index (χ1) is 8.15. The number of carbonyl (C=O) groups is 1. The van der Waals surface area contributed by atoms with E-state index in [0.717, 1.165) is 6.20 Å². The van der Waals surface area contributed by atoms with E-state index < -0.39 is 5.91 Å². The van der Waals surface area contributed by atoms with Crippen molar-refractivity contribution in [2.75, 3.05) is 5.32 Å². The van der Waals surface area contributed by atoms with Gasteiger partial charge in [-0.05, 0) is 28.1 Å². The minimum Gasteiger partial charge on any atom is -0.325 e. The number of hydrogen-bond donors (Lipinski definition) is 2. The van der Waals surface area contributed by atoms with Crippen LogP contribution in [-0.4, -0.2) is 20.9 Å². The molecule has 0 spiro atoms. The Labute approximate surface area is 104 Å². The fourth-order valence-electron chi connectivity index (χ4n) is 1.12. The summed E-state index contributed by atoms with van der Waals surface area (Å²) >= 11 is 3.19. The Morgan fingerprint density at radius 1 is 1.41 bits per heavy atom. The van der Waals surface area contributed by atoms with Crippen LogP contribution in [0.1, 0.15) is 10.5 Å². The number of aromatic nitrogens is 3. The molecule has 0 atom stereocenters. The summed E-state index contributed by atoms with van der Waals surface area (Å²) in [5, 5.41) is 2.55. The van der Waals surface area contributed by atoms with Gasteiger partial charge in [0, 0.05) is 6.20 Å². The third kappa shape index (κ3) is 2.97. The number of pyridine rings is 1. The number of halogens is 1. The Hall–Kier alpha value is -2.02. The molecule has 17 heavy (non-hydrogen) atoms. The maximum absolute atomic E-state index is 11.7. The molecule has 0 saturated heterocycles. The number of nitrogens with zero attached hydrogens (tertiary/aromatic N) is 2. The molecular weight excluding hydrogens is 288 g/mol. The second-order valence-electron chi connectivity index (χ2n) is 3.10. The van der Waals surface area contributed by atoms with Crippen molar-refractivity contribution < 1.29 is 4.79 Å². The molecule has 0 aromatic carbocycles. The average molecular weight is 295 g/mol. The van der Waals surface area contributed by atoms with Crippen molar-refractivity contribution in [3.63, 3.8) is 0 Å². The molecule has 0 aliphatic heterocycles. The van der Waals surface area contributed by atoms with Crippen LogP contribution in [0.3, 0.4) is 0 Å². The molecule has 2 rings (SSSR count). The highest BCUT2D eigenvalue weighted by Crippen LogP contribution is 2.10. The highest BCUT2D eigenvalue weighted by molar-refractivity contribution is 9.10. The molecule has 0 aliphatic carbocycles. The van der Waals surface area contributed by atoms with Crippen LogP contribution in [0, 0.1) is 0 Å². The lowest BCUT2D eigenvalue weighted by Crippen LogP contribution is -2.17. The summed E-state index contributed by atoms with van der Waals surface area (Å²) in [5.74, 6) is -0.0378. The number of amides is 1. The molecule has 0 saturated carbocycles. The molecule has 2 aromatic heterocycles. The largest absolute Gasteiger partial charge is 0.325 e. The van der Waals surface area contributed by atoms with Gasteiger partial charge < -0.3 is 10.3 Å². The average Bonchev–Trinajstić information content (AvgIpc) is 2.29. The molecule has 0 radical (unpaired) electrons. The molecule has 2 aromatic rings. The Morgan fingerprint density at radius 2 is 2.24 bits per heavy atom. The van der Waals surface area contributed by atoms with Gasteiger partial charge in [-0.25, -0.2) is 9.97 Å². The Bertz CT molecular complexity index is 591. The summed E-state index contributed by atoms with van der Waals surface area (Å²) in [5.41, 5.74) is -0.242. The fraction of sp³-hybridized carbons (Fsp3) is 0. The van der Waals surface area contributed by atoms with E-state index in [1.807, 2.05) is 0 Å². The van der Waals surface area contributed by atoms with Crippen LogP contribution in [0.5, 0.6) is 0 Å². The minimum absolute atomic E-state index is 0.117. The van der Waals surface area contributed by atoms with Gasteiger partial charge >= 0.3 is 0 Å². The standard InChI is InChI=1S/C10H7BrN4O2/c11-7-2-1-3-8(14-7)15-10(17)6-4-13-9(16)5-12-6/h1-5H,(H,13,16)(H,14,15,17). The van der Waals surface area contributed by atoms with Crippen LogP contribution in [0.2, 0.25) is 0 Å². The quantitative estimate of drug-likeness (QED) is 0.814. The van der Waals surface area contributed by atoms with E-state index in [9.17, 15) is 9.59 Å². The molecule has 6 nitrogen and oxygen atoms in total. The van der Waals surface area contributed by atoms with Gasteiger partial charge in [-0.2, -0.15) is 0 Å². The number of H-pyrrole nitrogens is 1. The summed E-state index contributed by atoms with van der Waals surface area (Å²) in [6.45, 7) is 0. The lowest BCUT2D eigenvalue weighted by Gasteiger charge is -2.03. The first-order valence-electron chi connectivity index (χ1n) is 4.64. The highest BCUT2D eigenvalue weighted by atomic mass is 79.9. The third-order valence-electron chi connectivity index (χ3n) is 1.86. The fourth-order valence-corrected chi connectivity index (χ4v) is 1.47. The van der Waals surface area contributed by atoms with E-state index in [4.69, 9.17) is 0 Å². The summed E-state index contributed by atoms with van der Waals surface area (Å²) in [6.07, 6.45) is 2.29. The molecule has 2 heterocycles. The van der Waals surface area contributed by atoms with Crippen molar-refractivity contribution in [1.29, 1.82) is 0 Å². The van der Waals surface area contributed by atoms with Crippen molar-refractivity contribution >= 4 is 27.7 Å². The highest BCUT2D eigenvalue weighted by Gasteiger charge is 2.08. The van der Waals surface area contributed by atoms with Crippen molar-refractivity contribution in [3.8, 4) is 0 Å². The second kappa shape index (κ2) is 4.88. The maximum atomic E-state index is 11.7. The summed E-state index contributed by atoms with van der Waals surface area (Å²) in [4.78, 5) is 32.6. The zero-order valence-electron chi connectivity index (χ0n) is 8.48. The van der Waals surface area contributed by atoms with Gasteiger partial charge in [0.2, 0.25) is 0 Å². The predicted molar refractivity (Wildman–Crippen MR) is 64.7 cm³/mol. The summed E-state index contributed by atoms with van der Waals surface area (Å²) in [7, 11) is 0. The molecule has 7 heteroatoms. The van der Waals surface area contributed by atoms with E-state index in [1.54, 1.807) is 18.2 Å².